The molecule has 6 nitrogen and oxygen atoms in total. The average Bonchev–Trinajstić information content (AvgIpc) is 3.04. The van der Waals surface area contributed by atoms with Crippen LogP contribution < -0.4 is 4.74 Å². The summed E-state index contributed by atoms with van der Waals surface area (Å²) in [5.41, 5.74) is 2.26. The first kappa shape index (κ1) is 14.9. The van der Waals surface area contributed by atoms with Crippen molar-refractivity contribution in [3.63, 3.8) is 0 Å². The Morgan fingerprint density at radius 1 is 1.43 bits per heavy atom. The Bertz CT molecular complexity index is 705. The third-order valence-corrected chi connectivity index (χ3v) is 4.93. The molecule has 23 heavy (non-hydrogen) atoms. The van der Waals surface area contributed by atoms with Crippen LogP contribution in [0.25, 0.3) is 0 Å². The fourth-order valence-electron chi connectivity index (χ4n) is 3.46. The van der Waals surface area contributed by atoms with E-state index < -0.39 is 0 Å². The molecule has 1 fully saturated rings. The van der Waals surface area contributed by atoms with E-state index in [0.717, 1.165) is 31.7 Å². The van der Waals surface area contributed by atoms with E-state index in [1.165, 1.54) is 5.56 Å². The lowest BCUT2D eigenvalue weighted by atomic mass is 9.99. The van der Waals surface area contributed by atoms with Crippen molar-refractivity contribution in [2.45, 2.75) is 31.7 Å². The third kappa shape index (κ3) is 2.82. The quantitative estimate of drug-likeness (QED) is 0.862. The predicted molar refractivity (Wildman–Crippen MR) is 85.5 cm³/mol. The zero-order valence-corrected chi connectivity index (χ0v) is 13.7. The number of aromatic nitrogens is 3. The summed E-state index contributed by atoms with van der Waals surface area (Å²) < 4.78 is 13.2. The van der Waals surface area contributed by atoms with E-state index in [1.807, 2.05) is 16.8 Å². The van der Waals surface area contributed by atoms with Gasteiger partial charge in [0, 0.05) is 19.6 Å². The van der Waals surface area contributed by atoms with Crippen molar-refractivity contribution in [1.82, 2.24) is 19.9 Å². The van der Waals surface area contributed by atoms with Crippen LogP contribution in [0, 0.1) is 0 Å². The highest BCUT2D eigenvalue weighted by molar-refractivity contribution is 6.32. The molecule has 2 aromatic rings. The first-order valence-corrected chi connectivity index (χ1v) is 8.18. The van der Waals surface area contributed by atoms with Gasteiger partial charge in [-0.05, 0) is 24.1 Å². The van der Waals surface area contributed by atoms with Crippen LogP contribution in [0.1, 0.15) is 23.7 Å². The number of benzene rings is 1. The topological polar surface area (TPSA) is 52.4 Å². The number of hydrogen-bond acceptors (Lipinski definition) is 5. The smallest absolute Gasteiger partial charge is 0.137 e. The second kappa shape index (κ2) is 6.11. The normalized spacial score (nSPS) is 24.1. The van der Waals surface area contributed by atoms with Crippen molar-refractivity contribution in [2.75, 3.05) is 20.2 Å². The van der Waals surface area contributed by atoms with Crippen LogP contribution in [-0.4, -0.2) is 46.2 Å². The molecular formula is C16H19ClN4O2. The highest BCUT2D eigenvalue weighted by Crippen LogP contribution is 2.31. The molecule has 2 atom stereocenters. The molecular weight excluding hydrogens is 316 g/mol. The van der Waals surface area contributed by atoms with Crippen molar-refractivity contribution >= 4 is 11.6 Å². The van der Waals surface area contributed by atoms with Crippen molar-refractivity contribution in [3.8, 4) is 5.75 Å². The van der Waals surface area contributed by atoms with Gasteiger partial charge >= 0.3 is 0 Å². The van der Waals surface area contributed by atoms with E-state index in [2.05, 4.69) is 21.3 Å². The zero-order chi connectivity index (χ0) is 15.8. The molecule has 0 bridgehead atoms. The molecule has 1 aromatic heterocycles. The van der Waals surface area contributed by atoms with E-state index in [-0.39, 0.29) is 6.10 Å². The first-order valence-electron chi connectivity index (χ1n) is 7.80. The van der Waals surface area contributed by atoms with Gasteiger partial charge in [-0.15, -0.1) is 5.10 Å². The van der Waals surface area contributed by atoms with E-state index >= 15 is 0 Å². The number of hydrogen-bond donors (Lipinski definition) is 0. The van der Waals surface area contributed by atoms with Crippen LogP contribution >= 0.6 is 11.6 Å². The average molecular weight is 335 g/mol. The maximum Gasteiger partial charge on any atom is 0.137 e. The minimum Gasteiger partial charge on any atom is -0.495 e. The Morgan fingerprint density at radius 3 is 3.17 bits per heavy atom. The largest absolute Gasteiger partial charge is 0.495 e. The Hall–Kier alpha value is -1.63. The molecule has 122 valence electrons. The van der Waals surface area contributed by atoms with Crippen LogP contribution in [0.2, 0.25) is 5.02 Å². The van der Waals surface area contributed by atoms with E-state index in [1.54, 1.807) is 13.3 Å². The molecule has 1 saturated heterocycles. The summed E-state index contributed by atoms with van der Waals surface area (Å²) in [6.45, 7) is 3.36. The second-order valence-corrected chi connectivity index (χ2v) is 6.49. The van der Waals surface area contributed by atoms with Crippen molar-refractivity contribution < 1.29 is 9.47 Å². The van der Waals surface area contributed by atoms with Gasteiger partial charge in [-0.3, -0.25) is 4.90 Å². The summed E-state index contributed by atoms with van der Waals surface area (Å²) in [4.78, 5) is 2.40. The van der Waals surface area contributed by atoms with Crippen LogP contribution in [-0.2, 0) is 17.9 Å². The molecule has 0 radical (unpaired) electrons. The Kier molecular flexibility index (Phi) is 3.97. The molecule has 2 unspecified atom stereocenters. The molecule has 0 saturated carbocycles. The van der Waals surface area contributed by atoms with Crippen LogP contribution in [0.5, 0.6) is 5.75 Å². The fraction of sp³-hybridized carbons (Fsp3) is 0.500. The molecule has 2 aliphatic heterocycles. The maximum atomic E-state index is 6.21. The van der Waals surface area contributed by atoms with Gasteiger partial charge in [-0.1, -0.05) is 22.9 Å². The summed E-state index contributed by atoms with van der Waals surface area (Å²) in [6, 6.07) is 6.26. The number of rotatable bonds is 3. The van der Waals surface area contributed by atoms with Gasteiger partial charge in [0.25, 0.3) is 0 Å². The number of nitrogens with zero attached hydrogens (tertiary/aromatic N) is 4. The van der Waals surface area contributed by atoms with Gasteiger partial charge in [0.05, 0.1) is 42.8 Å². The molecule has 0 spiro atoms. The van der Waals surface area contributed by atoms with E-state index in [4.69, 9.17) is 21.1 Å². The Morgan fingerprint density at radius 2 is 2.35 bits per heavy atom. The highest BCUT2D eigenvalue weighted by atomic mass is 35.5. The van der Waals surface area contributed by atoms with Gasteiger partial charge in [-0.2, -0.15) is 0 Å². The standard InChI is InChI=1S/C16H19ClN4O2/c1-22-15-3-2-11(6-13(15)17)8-20-5-4-14-16(9-20)23-10-12-7-18-19-21(12)14/h2-3,6-7,14,16H,4-5,8-10H2,1H3. The molecule has 7 heteroatoms. The summed E-state index contributed by atoms with van der Waals surface area (Å²) in [7, 11) is 1.63. The molecule has 0 N–H and O–H groups in total. The minimum absolute atomic E-state index is 0.173. The predicted octanol–water partition coefficient (Wildman–Crippen LogP) is 2.29. The van der Waals surface area contributed by atoms with Gasteiger partial charge < -0.3 is 9.47 Å². The molecule has 0 amide bonds. The molecule has 3 heterocycles. The molecule has 1 aromatic carbocycles. The summed E-state index contributed by atoms with van der Waals surface area (Å²) in [5.74, 6) is 0.712. The highest BCUT2D eigenvalue weighted by Gasteiger charge is 2.36. The van der Waals surface area contributed by atoms with Gasteiger partial charge in [0.15, 0.2) is 0 Å². The minimum atomic E-state index is 0.173. The molecule has 2 aliphatic rings. The lowest BCUT2D eigenvalue weighted by Crippen LogP contribution is -2.48. The van der Waals surface area contributed by atoms with Crippen molar-refractivity contribution in [1.29, 1.82) is 0 Å². The fourth-order valence-corrected chi connectivity index (χ4v) is 3.74. The van der Waals surface area contributed by atoms with Crippen molar-refractivity contribution in [3.05, 3.63) is 40.7 Å². The van der Waals surface area contributed by atoms with Gasteiger partial charge in [0.2, 0.25) is 0 Å². The number of ether oxygens (including phenoxy) is 2. The van der Waals surface area contributed by atoms with Crippen LogP contribution in [0.15, 0.2) is 24.4 Å². The van der Waals surface area contributed by atoms with Crippen LogP contribution in [0.4, 0.5) is 0 Å². The SMILES string of the molecule is COc1ccc(CN2CCC3C(C2)OCc2cnnn23)cc1Cl. The lowest BCUT2D eigenvalue weighted by molar-refractivity contribution is -0.0704. The number of piperidine rings is 1. The monoisotopic (exact) mass is 334 g/mol. The second-order valence-electron chi connectivity index (χ2n) is 6.08. The molecule has 4 rings (SSSR count). The van der Waals surface area contributed by atoms with Crippen LogP contribution in [0.3, 0.4) is 0 Å². The number of halogens is 1. The zero-order valence-electron chi connectivity index (χ0n) is 13.0. The van der Waals surface area contributed by atoms with Gasteiger partial charge in [-0.25, -0.2) is 4.68 Å². The van der Waals surface area contributed by atoms with E-state index in [9.17, 15) is 0 Å². The maximum absolute atomic E-state index is 6.21. The third-order valence-electron chi connectivity index (χ3n) is 4.64. The Labute approximate surface area is 139 Å². The van der Waals surface area contributed by atoms with Gasteiger partial charge in [0.1, 0.15) is 5.75 Å². The number of fused-ring (bicyclic) bond motifs is 3. The first-order chi connectivity index (χ1) is 11.2. The molecule has 0 aliphatic carbocycles. The van der Waals surface area contributed by atoms with Crippen molar-refractivity contribution in [2.24, 2.45) is 0 Å². The van der Waals surface area contributed by atoms with E-state index in [0.29, 0.717) is 23.4 Å². The number of likely N-dealkylation sites (tertiary alicyclic amines) is 1. The summed E-state index contributed by atoms with van der Waals surface area (Å²) >= 11 is 6.21. The summed E-state index contributed by atoms with van der Waals surface area (Å²) in [6.07, 6.45) is 2.99. The number of methoxy groups -OCH3 is 1. The summed E-state index contributed by atoms with van der Waals surface area (Å²) in [5, 5.41) is 8.87. The lowest BCUT2D eigenvalue weighted by Gasteiger charge is -2.41. The Balaban J connectivity index is 1.44.